The number of nitrogens with zero attached hydrogens (tertiary/aromatic N) is 2. The summed E-state index contributed by atoms with van der Waals surface area (Å²) in [7, 11) is 0.549. The number of piperidine rings is 1. The van der Waals surface area contributed by atoms with Crippen LogP contribution < -0.4 is 5.32 Å². The molecule has 8 heteroatoms. The monoisotopic (exact) mass is 321 g/mol. The number of rotatable bonds is 6. The Morgan fingerprint density at radius 3 is 2.33 bits per heavy atom. The number of sulfonamides is 1. The van der Waals surface area contributed by atoms with E-state index in [0.29, 0.717) is 32.5 Å². The summed E-state index contributed by atoms with van der Waals surface area (Å²) in [5, 5.41) is 12.9. The zero-order valence-electron chi connectivity index (χ0n) is 13.3. The zero-order valence-corrected chi connectivity index (χ0v) is 14.1. The average molecular weight is 321 g/mol. The highest BCUT2D eigenvalue weighted by Gasteiger charge is 2.30. The third-order valence-corrected chi connectivity index (χ3v) is 4.90. The first-order valence-corrected chi connectivity index (χ1v) is 8.96. The van der Waals surface area contributed by atoms with Crippen molar-refractivity contribution in [1.29, 1.82) is 0 Å². The molecule has 124 valence electrons. The molecule has 0 aromatic heterocycles. The molecule has 1 atom stereocenters. The van der Waals surface area contributed by atoms with Crippen LogP contribution in [0.2, 0.25) is 0 Å². The molecule has 1 fully saturated rings. The Morgan fingerprint density at radius 1 is 1.38 bits per heavy atom. The van der Waals surface area contributed by atoms with E-state index >= 15 is 0 Å². The normalized spacial score (nSPS) is 21.2. The van der Waals surface area contributed by atoms with Gasteiger partial charge in [-0.15, -0.1) is 0 Å². The van der Waals surface area contributed by atoms with Crippen molar-refractivity contribution in [2.45, 2.75) is 25.4 Å². The molecule has 0 radical (unpaired) electrons. The predicted molar refractivity (Wildman–Crippen MR) is 81.3 cm³/mol. The molecule has 1 saturated heterocycles. The first kappa shape index (κ1) is 18.3. The van der Waals surface area contributed by atoms with Gasteiger partial charge >= 0.3 is 0 Å². The molecule has 0 aliphatic carbocycles. The van der Waals surface area contributed by atoms with Gasteiger partial charge in [0.1, 0.15) is 0 Å². The number of carbonyl (C=O) groups is 1. The van der Waals surface area contributed by atoms with Crippen LogP contribution in [0.4, 0.5) is 0 Å². The number of aliphatic hydroxyl groups is 1. The molecule has 1 unspecified atom stereocenters. The molecule has 0 aromatic carbocycles. The summed E-state index contributed by atoms with van der Waals surface area (Å²) in [6, 6.07) is 0. The van der Waals surface area contributed by atoms with Gasteiger partial charge in [-0.3, -0.25) is 4.79 Å². The van der Waals surface area contributed by atoms with Crippen LogP contribution in [0.25, 0.3) is 0 Å². The highest BCUT2D eigenvalue weighted by molar-refractivity contribution is 7.88. The molecule has 1 aliphatic rings. The Labute approximate surface area is 127 Å². The van der Waals surface area contributed by atoms with Crippen molar-refractivity contribution in [2.24, 2.45) is 5.92 Å². The van der Waals surface area contributed by atoms with Crippen molar-refractivity contribution >= 4 is 15.9 Å². The Balaban J connectivity index is 2.41. The van der Waals surface area contributed by atoms with Gasteiger partial charge in [0.15, 0.2) is 0 Å². The zero-order chi connectivity index (χ0) is 16.3. The Bertz CT molecular complexity index is 454. The summed E-state index contributed by atoms with van der Waals surface area (Å²) < 4.78 is 24.2. The van der Waals surface area contributed by atoms with Crippen molar-refractivity contribution in [3.8, 4) is 0 Å². The maximum Gasteiger partial charge on any atom is 0.223 e. The third-order valence-electron chi connectivity index (χ3n) is 3.59. The smallest absolute Gasteiger partial charge is 0.223 e. The van der Waals surface area contributed by atoms with Gasteiger partial charge in [-0.2, -0.15) is 0 Å². The molecule has 21 heavy (non-hydrogen) atoms. The van der Waals surface area contributed by atoms with E-state index in [-0.39, 0.29) is 18.4 Å². The van der Waals surface area contributed by atoms with Crippen molar-refractivity contribution in [2.75, 3.05) is 46.5 Å². The molecule has 0 spiro atoms. The largest absolute Gasteiger partial charge is 0.387 e. The van der Waals surface area contributed by atoms with Crippen LogP contribution in [-0.4, -0.2) is 80.8 Å². The molecular weight excluding hydrogens is 294 g/mol. The van der Waals surface area contributed by atoms with Crippen LogP contribution in [0.5, 0.6) is 0 Å². The van der Waals surface area contributed by atoms with Crippen molar-refractivity contribution in [3.63, 3.8) is 0 Å². The van der Waals surface area contributed by atoms with E-state index in [1.165, 1.54) is 10.6 Å². The van der Waals surface area contributed by atoms with E-state index in [1.807, 2.05) is 19.0 Å². The minimum Gasteiger partial charge on any atom is -0.387 e. The molecule has 7 nitrogen and oxygen atoms in total. The molecule has 1 heterocycles. The van der Waals surface area contributed by atoms with Gasteiger partial charge < -0.3 is 15.3 Å². The summed E-state index contributed by atoms with van der Waals surface area (Å²) >= 11 is 0. The molecule has 1 rings (SSSR count). The van der Waals surface area contributed by atoms with Crippen molar-refractivity contribution < 1.29 is 18.3 Å². The van der Waals surface area contributed by atoms with Gasteiger partial charge in [0, 0.05) is 32.1 Å². The Kier molecular flexibility index (Phi) is 6.15. The standard InChI is InChI=1S/C13H27N3O4S/c1-13(18,10-15(2)3)9-14-12(17)11-5-7-16(8-6-11)21(4,19)20/h11,18H,5-10H2,1-4H3,(H,14,17). The Morgan fingerprint density at radius 2 is 1.90 bits per heavy atom. The maximum atomic E-state index is 12.1. The second-order valence-electron chi connectivity index (χ2n) is 6.39. The summed E-state index contributed by atoms with van der Waals surface area (Å²) in [6.45, 7) is 3.09. The number of amides is 1. The summed E-state index contributed by atoms with van der Waals surface area (Å²) in [4.78, 5) is 13.9. The topological polar surface area (TPSA) is 89.9 Å². The molecule has 0 aromatic rings. The van der Waals surface area contributed by atoms with E-state index in [1.54, 1.807) is 6.92 Å². The fourth-order valence-electron chi connectivity index (χ4n) is 2.61. The third kappa shape index (κ3) is 6.29. The number of likely N-dealkylation sites (N-methyl/N-ethyl adjacent to an activating group) is 1. The van der Waals surface area contributed by atoms with E-state index in [9.17, 15) is 18.3 Å². The Hall–Kier alpha value is -0.700. The first-order chi connectivity index (χ1) is 9.51. The minimum atomic E-state index is -3.17. The predicted octanol–water partition coefficient (Wildman–Crippen LogP) is -0.913. The van der Waals surface area contributed by atoms with E-state index in [0.717, 1.165) is 0 Å². The minimum absolute atomic E-state index is 0.109. The second-order valence-corrected chi connectivity index (χ2v) is 8.37. The lowest BCUT2D eigenvalue weighted by Gasteiger charge is -2.31. The van der Waals surface area contributed by atoms with E-state index in [4.69, 9.17) is 0 Å². The SMILES string of the molecule is CN(C)CC(C)(O)CNC(=O)C1CCN(S(C)(=O)=O)CC1. The number of carbonyl (C=O) groups excluding carboxylic acids is 1. The highest BCUT2D eigenvalue weighted by atomic mass is 32.2. The average Bonchev–Trinajstić information content (AvgIpc) is 2.33. The van der Waals surface area contributed by atoms with Crippen molar-refractivity contribution in [3.05, 3.63) is 0 Å². The first-order valence-electron chi connectivity index (χ1n) is 7.11. The fraction of sp³-hybridized carbons (Fsp3) is 0.923. The van der Waals surface area contributed by atoms with Gasteiger partial charge in [-0.25, -0.2) is 12.7 Å². The number of nitrogens with one attached hydrogen (secondary N) is 1. The lowest BCUT2D eigenvalue weighted by atomic mass is 9.96. The fourth-order valence-corrected chi connectivity index (χ4v) is 3.48. The number of hydrogen-bond acceptors (Lipinski definition) is 5. The highest BCUT2D eigenvalue weighted by Crippen LogP contribution is 2.19. The van der Waals surface area contributed by atoms with Gasteiger partial charge in [0.25, 0.3) is 0 Å². The molecule has 0 saturated carbocycles. The molecular formula is C13H27N3O4S. The molecule has 2 N–H and O–H groups in total. The molecule has 0 bridgehead atoms. The van der Waals surface area contributed by atoms with Gasteiger partial charge in [0.2, 0.25) is 15.9 Å². The van der Waals surface area contributed by atoms with Crippen LogP contribution >= 0.6 is 0 Å². The van der Waals surface area contributed by atoms with Gasteiger partial charge in [0.05, 0.1) is 11.9 Å². The van der Waals surface area contributed by atoms with Gasteiger partial charge in [-0.1, -0.05) is 0 Å². The van der Waals surface area contributed by atoms with Crippen LogP contribution in [0.15, 0.2) is 0 Å². The van der Waals surface area contributed by atoms with E-state index < -0.39 is 15.6 Å². The number of hydrogen-bond donors (Lipinski definition) is 2. The lowest BCUT2D eigenvalue weighted by molar-refractivity contribution is -0.127. The molecule has 1 amide bonds. The van der Waals surface area contributed by atoms with Gasteiger partial charge in [-0.05, 0) is 33.9 Å². The lowest BCUT2D eigenvalue weighted by Crippen LogP contribution is -2.49. The summed E-state index contributed by atoms with van der Waals surface area (Å²) in [6.07, 6.45) is 2.23. The van der Waals surface area contributed by atoms with Crippen LogP contribution in [-0.2, 0) is 14.8 Å². The second kappa shape index (κ2) is 7.04. The molecule has 1 aliphatic heterocycles. The van der Waals surface area contributed by atoms with Crippen molar-refractivity contribution in [1.82, 2.24) is 14.5 Å². The summed E-state index contributed by atoms with van der Waals surface area (Å²) in [5.41, 5.74) is -0.980. The summed E-state index contributed by atoms with van der Waals surface area (Å²) in [5.74, 6) is -0.291. The van der Waals surface area contributed by atoms with Crippen LogP contribution in [0.3, 0.4) is 0 Å². The quantitative estimate of drug-likeness (QED) is 0.661. The van der Waals surface area contributed by atoms with Crippen LogP contribution in [0, 0.1) is 5.92 Å². The maximum absolute atomic E-state index is 12.1. The van der Waals surface area contributed by atoms with Crippen LogP contribution in [0.1, 0.15) is 19.8 Å². The van der Waals surface area contributed by atoms with E-state index in [2.05, 4.69) is 5.32 Å².